The van der Waals surface area contributed by atoms with Crippen molar-refractivity contribution in [1.82, 2.24) is 0 Å². The van der Waals surface area contributed by atoms with E-state index in [9.17, 15) is 9.59 Å². The van der Waals surface area contributed by atoms with E-state index in [-0.39, 0.29) is 5.91 Å². The lowest BCUT2D eigenvalue weighted by Crippen LogP contribution is -2.41. The van der Waals surface area contributed by atoms with Crippen LogP contribution >= 0.6 is 11.6 Å². The summed E-state index contributed by atoms with van der Waals surface area (Å²) in [4.78, 5) is 34.7. The predicted molar refractivity (Wildman–Crippen MR) is 122 cm³/mol. The van der Waals surface area contributed by atoms with E-state index in [4.69, 9.17) is 21.2 Å². The van der Waals surface area contributed by atoms with E-state index in [1.165, 1.54) is 4.90 Å². The molecule has 0 bridgehead atoms. The van der Waals surface area contributed by atoms with E-state index in [2.05, 4.69) is 0 Å². The van der Waals surface area contributed by atoms with Crippen LogP contribution in [-0.2, 0) is 14.4 Å². The number of ether oxygens (including phenoxy) is 1. The summed E-state index contributed by atoms with van der Waals surface area (Å²) in [6.45, 7) is 1.79. The highest BCUT2D eigenvalue weighted by molar-refractivity contribution is 6.31. The van der Waals surface area contributed by atoms with Crippen LogP contribution < -0.4 is 14.7 Å². The third kappa shape index (κ3) is 2.98. The fourth-order valence-corrected chi connectivity index (χ4v) is 4.76. The quantitative estimate of drug-likeness (QED) is 0.537. The number of benzene rings is 3. The zero-order valence-corrected chi connectivity index (χ0v) is 18.3. The van der Waals surface area contributed by atoms with Gasteiger partial charge in [0.2, 0.25) is 5.91 Å². The molecule has 2 fully saturated rings. The molecule has 162 valence electrons. The molecule has 2 aliphatic heterocycles. The van der Waals surface area contributed by atoms with Crippen LogP contribution in [0.15, 0.2) is 78.9 Å². The second-order valence-corrected chi connectivity index (χ2v) is 8.50. The number of para-hydroxylation sites is 1. The van der Waals surface area contributed by atoms with Crippen LogP contribution in [0.4, 0.5) is 11.4 Å². The Morgan fingerprint density at radius 1 is 0.938 bits per heavy atom. The molecule has 2 amide bonds. The number of fused-ring (bicyclic) bond motifs is 1. The number of rotatable bonds is 4. The van der Waals surface area contributed by atoms with Gasteiger partial charge in [-0.05, 0) is 55.0 Å². The summed E-state index contributed by atoms with van der Waals surface area (Å²) < 4.78 is 5.29. The molecule has 3 atom stereocenters. The molecule has 2 heterocycles. The van der Waals surface area contributed by atoms with Crippen LogP contribution in [0.5, 0.6) is 5.75 Å². The summed E-state index contributed by atoms with van der Waals surface area (Å²) in [5, 5.41) is 2.13. The maximum atomic E-state index is 13.8. The molecule has 0 N–H and O–H groups in total. The van der Waals surface area contributed by atoms with Crippen molar-refractivity contribution in [2.45, 2.75) is 19.1 Å². The molecule has 3 aromatic carbocycles. The first kappa shape index (κ1) is 20.5. The van der Waals surface area contributed by atoms with Crippen LogP contribution in [0.1, 0.15) is 18.5 Å². The van der Waals surface area contributed by atoms with Gasteiger partial charge in [0.1, 0.15) is 11.2 Å². The number of hydroxylamine groups is 1. The normalized spacial score (nSPS) is 24.7. The third-order valence-electron chi connectivity index (χ3n) is 6.18. The highest BCUT2D eigenvalue weighted by Gasteiger charge is 2.68. The molecule has 0 aromatic heterocycles. The van der Waals surface area contributed by atoms with Gasteiger partial charge in [0, 0.05) is 5.02 Å². The van der Waals surface area contributed by atoms with Gasteiger partial charge in [-0.1, -0.05) is 48.0 Å². The van der Waals surface area contributed by atoms with Gasteiger partial charge in [-0.2, -0.15) is 0 Å². The molecule has 7 heteroatoms. The molecule has 0 saturated carbocycles. The molecule has 2 aliphatic rings. The number of methoxy groups -OCH3 is 1. The predicted octanol–water partition coefficient (Wildman–Crippen LogP) is 4.79. The van der Waals surface area contributed by atoms with Gasteiger partial charge in [0.15, 0.2) is 6.10 Å². The Bertz CT molecular complexity index is 1180. The van der Waals surface area contributed by atoms with E-state index >= 15 is 0 Å². The lowest BCUT2D eigenvalue weighted by atomic mass is 9.76. The monoisotopic (exact) mass is 448 g/mol. The molecular weight excluding hydrogens is 428 g/mol. The molecule has 0 radical (unpaired) electrons. The number of imide groups is 1. The number of hydrogen-bond acceptors (Lipinski definition) is 5. The summed E-state index contributed by atoms with van der Waals surface area (Å²) in [5.74, 6) is -0.0271. The number of halogens is 1. The Balaban J connectivity index is 1.63. The van der Waals surface area contributed by atoms with Crippen LogP contribution in [0.3, 0.4) is 0 Å². The number of carbonyl (C=O) groups excluding carboxylic acids is 2. The van der Waals surface area contributed by atoms with Gasteiger partial charge in [0.05, 0.1) is 24.5 Å². The van der Waals surface area contributed by atoms with Gasteiger partial charge in [-0.3, -0.25) is 14.4 Å². The Morgan fingerprint density at radius 2 is 1.62 bits per heavy atom. The van der Waals surface area contributed by atoms with Crippen molar-refractivity contribution in [2.75, 3.05) is 17.1 Å². The second-order valence-electron chi connectivity index (χ2n) is 8.06. The second kappa shape index (κ2) is 7.65. The SMILES string of the molecule is COc1ccc([C@@H]2N(c3ccccc3)O[C@H]3C(=O)N(c4cccc(Cl)c4)C(=O)[C@]23C)cc1. The molecule has 0 spiro atoms. The lowest BCUT2D eigenvalue weighted by Gasteiger charge is -2.32. The zero-order valence-electron chi connectivity index (χ0n) is 17.6. The Labute approximate surface area is 190 Å². The lowest BCUT2D eigenvalue weighted by molar-refractivity contribution is -0.128. The van der Waals surface area contributed by atoms with Crippen molar-refractivity contribution in [2.24, 2.45) is 5.41 Å². The van der Waals surface area contributed by atoms with Crippen LogP contribution in [0, 0.1) is 5.41 Å². The summed E-state index contributed by atoms with van der Waals surface area (Å²) in [5.41, 5.74) is 0.892. The largest absolute Gasteiger partial charge is 0.497 e. The van der Waals surface area contributed by atoms with Crippen LogP contribution in [-0.4, -0.2) is 25.0 Å². The Morgan fingerprint density at radius 3 is 2.28 bits per heavy atom. The van der Waals surface area contributed by atoms with Crippen LogP contribution in [0.25, 0.3) is 0 Å². The Kier molecular flexibility index (Phi) is 4.92. The minimum Gasteiger partial charge on any atom is -0.497 e. The summed E-state index contributed by atoms with van der Waals surface area (Å²) >= 11 is 6.13. The number of anilines is 2. The number of hydrogen-bond donors (Lipinski definition) is 0. The summed E-state index contributed by atoms with van der Waals surface area (Å²) in [6, 6.07) is 23.1. The van der Waals surface area contributed by atoms with Crippen molar-refractivity contribution in [3.8, 4) is 5.75 Å². The molecule has 5 rings (SSSR count). The highest BCUT2D eigenvalue weighted by atomic mass is 35.5. The van der Waals surface area contributed by atoms with Gasteiger partial charge in [-0.25, -0.2) is 9.96 Å². The number of carbonyl (C=O) groups is 2. The first-order chi connectivity index (χ1) is 15.4. The topological polar surface area (TPSA) is 59.1 Å². The van der Waals surface area contributed by atoms with Crippen molar-refractivity contribution in [3.63, 3.8) is 0 Å². The smallest absolute Gasteiger partial charge is 0.266 e. The van der Waals surface area contributed by atoms with E-state index in [1.54, 1.807) is 43.4 Å². The third-order valence-corrected chi connectivity index (χ3v) is 6.42. The number of amides is 2. The standard InChI is InChI=1S/C25H21ClN2O4/c1-25-21(16-11-13-20(31-2)14-12-16)28(18-8-4-3-5-9-18)32-22(25)23(29)27(24(25)30)19-10-6-7-17(26)15-19/h3-15,21-22H,1-2H3/t21-,22-,25+/m0/s1. The average Bonchev–Trinajstić information content (AvgIpc) is 3.22. The maximum absolute atomic E-state index is 13.8. The first-order valence-electron chi connectivity index (χ1n) is 10.2. The molecule has 0 unspecified atom stereocenters. The molecule has 3 aromatic rings. The van der Waals surface area contributed by atoms with Gasteiger partial charge in [-0.15, -0.1) is 0 Å². The minimum atomic E-state index is -1.15. The van der Waals surface area contributed by atoms with Crippen molar-refractivity contribution in [1.29, 1.82) is 0 Å². The number of nitrogens with zero attached hydrogens (tertiary/aromatic N) is 2. The molecule has 32 heavy (non-hydrogen) atoms. The van der Waals surface area contributed by atoms with E-state index in [0.717, 1.165) is 11.3 Å². The summed E-state index contributed by atoms with van der Waals surface area (Å²) in [6.07, 6.45) is -0.971. The fourth-order valence-electron chi connectivity index (χ4n) is 4.57. The van der Waals surface area contributed by atoms with Crippen molar-refractivity contribution < 1.29 is 19.2 Å². The average molecular weight is 449 g/mol. The molecule has 0 aliphatic carbocycles. The molecular formula is C25H21ClN2O4. The van der Waals surface area contributed by atoms with Crippen molar-refractivity contribution >= 4 is 34.8 Å². The van der Waals surface area contributed by atoms with E-state index in [1.807, 2.05) is 54.6 Å². The van der Waals surface area contributed by atoms with Gasteiger partial charge >= 0.3 is 0 Å². The summed E-state index contributed by atoms with van der Waals surface area (Å²) in [7, 11) is 1.60. The van der Waals surface area contributed by atoms with E-state index in [0.29, 0.717) is 16.5 Å². The molecule has 2 saturated heterocycles. The first-order valence-corrected chi connectivity index (χ1v) is 10.6. The Hall–Kier alpha value is -3.35. The fraction of sp³-hybridized carbons (Fsp3) is 0.200. The van der Waals surface area contributed by atoms with Crippen molar-refractivity contribution in [3.05, 3.63) is 89.4 Å². The van der Waals surface area contributed by atoms with E-state index < -0.39 is 23.5 Å². The van der Waals surface area contributed by atoms with Gasteiger partial charge in [0.25, 0.3) is 5.91 Å². The zero-order chi connectivity index (χ0) is 22.5. The maximum Gasteiger partial charge on any atom is 0.266 e. The highest BCUT2D eigenvalue weighted by Crippen LogP contribution is 2.55. The van der Waals surface area contributed by atoms with Gasteiger partial charge < -0.3 is 4.74 Å². The minimum absolute atomic E-state index is 0.325. The molecule has 6 nitrogen and oxygen atoms in total. The van der Waals surface area contributed by atoms with Crippen LogP contribution in [0.2, 0.25) is 5.02 Å².